The number of piperazine rings is 1. The zero-order valence-corrected chi connectivity index (χ0v) is 13.3. The number of halogens is 1. The van der Waals surface area contributed by atoms with Gasteiger partial charge in [0.05, 0.1) is 17.8 Å². The lowest BCUT2D eigenvalue weighted by Gasteiger charge is -2.41. The highest BCUT2D eigenvalue weighted by Gasteiger charge is 2.42. The second-order valence-electron chi connectivity index (χ2n) is 5.70. The Balaban J connectivity index is 1.84. The maximum absolute atomic E-state index is 11.4. The van der Waals surface area contributed by atoms with E-state index in [-0.39, 0.29) is 17.9 Å². The second-order valence-corrected chi connectivity index (χ2v) is 6.56. The van der Waals surface area contributed by atoms with Crippen molar-refractivity contribution < 1.29 is 14.7 Å². The molecule has 2 heterocycles. The molecule has 0 aliphatic carbocycles. The van der Waals surface area contributed by atoms with Gasteiger partial charge in [-0.25, -0.2) is 4.79 Å². The van der Waals surface area contributed by atoms with Gasteiger partial charge in [0.2, 0.25) is 0 Å². The molecule has 6 heteroatoms. The number of carboxylic acid groups (broad SMARTS) is 1. The molecule has 5 nitrogen and oxygen atoms in total. The SMILES string of the molecule is CC(=O)c1ccc(N2CC3CCC(C2)N3C(=O)O)c(Br)c1. The van der Waals surface area contributed by atoms with Crippen molar-refractivity contribution in [1.82, 2.24) is 4.90 Å². The summed E-state index contributed by atoms with van der Waals surface area (Å²) < 4.78 is 0.887. The topological polar surface area (TPSA) is 60.9 Å². The van der Waals surface area contributed by atoms with Crippen LogP contribution in [0.4, 0.5) is 10.5 Å². The van der Waals surface area contributed by atoms with Crippen LogP contribution >= 0.6 is 15.9 Å². The van der Waals surface area contributed by atoms with Crippen molar-refractivity contribution in [3.05, 3.63) is 28.2 Å². The molecule has 2 aliphatic rings. The van der Waals surface area contributed by atoms with Crippen LogP contribution in [0.25, 0.3) is 0 Å². The first-order valence-corrected chi connectivity index (χ1v) is 7.83. The van der Waals surface area contributed by atoms with Crippen molar-refractivity contribution in [2.75, 3.05) is 18.0 Å². The maximum atomic E-state index is 11.4. The van der Waals surface area contributed by atoms with Gasteiger partial charge in [0, 0.05) is 23.1 Å². The summed E-state index contributed by atoms with van der Waals surface area (Å²) in [4.78, 5) is 26.5. The van der Waals surface area contributed by atoms with Gasteiger partial charge in [0.25, 0.3) is 0 Å². The summed E-state index contributed by atoms with van der Waals surface area (Å²) in [6, 6.07) is 5.74. The Labute approximate surface area is 131 Å². The molecular weight excluding hydrogens is 336 g/mol. The van der Waals surface area contributed by atoms with Crippen molar-refractivity contribution in [1.29, 1.82) is 0 Å². The molecule has 2 fully saturated rings. The van der Waals surface area contributed by atoms with Crippen LogP contribution in [0.15, 0.2) is 22.7 Å². The molecule has 0 saturated carbocycles. The molecule has 0 aromatic heterocycles. The van der Waals surface area contributed by atoms with Gasteiger partial charge in [-0.2, -0.15) is 0 Å². The number of carbonyl (C=O) groups is 2. The first-order valence-electron chi connectivity index (χ1n) is 7.04. The number of hydrogen-bond acceptors (Lipinski definition) is 3. The van der Waals surface area contributed by atoms with Crippen molar-refractivity contribution in [2.24, 2.45) is 0 Å². The molecule has 2 saturated heterocycles. The van der Waals surface area contributed by atoms with Gasteiger partial charge in [-0.3, -0.25) is 9.69 Å². The molecule has 1 amide bonds. The summed E-state index contributed by atoms with van der Waals surface area (Å²) >= 11 is 3.53. The first kappa shape index (κ1) is 14.4. The van der Waals surface area contributed by atoms with Crippen LogP contribution in [0.1, 0.15) is 30.1 Å². The van der Waals surface area contributed by atoms with Crippen LogP contribution in [0, 0.1) is 0 Å². The Kier molecular flexibility index (Phi) is 3.65. The van der Waals surface area contributed by atoms with Crippen LogP contribution < -0.4 is 4.90 Å². The van der Waals surface area contributed by atoms with Crippen LogP contribution in [-0.2, 0) is 0 Å². The van der Waals surface area contributed by atoms with Crippen LogP contribution in [0.3, 0.4) is 0 Å². The molecule has 21 heavy (non-hydrogen) atoms. The fourth-order valence-corrected chi connectivity index (χ4v) is 4.02. The summed E-state index contributed by atoms with van der Waals surface area (Å²) in [5.41, 5.74) is 1.71. The third-order valence-corrected chi connectivity index (χ3v) is 5.03. The molecule has 1 aromatic carbocycles. The largest absolute Gasteiger partial charge is 0.465 e. The number of Topliss-reactive ketones (excluding diaryl/α,β-unsaturated/α-hetero) is 1. The summed E-state index contributed by atoms with van der Waals surface area (Å²) in [7, 11) is 0. The van der Waals surface area contributed by atoms with Gasteiger partial charge in [0.1, 0.15) is 0 Å². The average molecular weight is 353 g/mol. The van der Waals surface area contributed by atoms with E-state index in [2.05, 4.69) is 20.8 Å². The molecule has 2 bridgehead atoms. The molecule has 1 aromatic rings. The molecule has 3 rings (SSSR count). The van der Waals surface area contributed by atoms with Gasteiger partial charge in [-0.15, -0.1) is 0 Å². The van der Waals surface area contributed by atoms with E-state index < -0.39 is 6.09 Å². The number of nitrogens with zero attached hydrogens (tertiary/aromatic N) is 2. The van der Waals surface area contributed by atoms with Crippen molar-refractivity contribution in [3.8, 4) is 0 Å². The second kappa shape index (κ2) is 5.33. The number of amides is 1. The number of carbonyl (C=O) groups excluding carboxylic acids is 1. The van der Waals surface area contributed by atoms with E-state index in [4.69, 9.17) is 0 Å². The minimum Gasteiger partial charge on any atom is -0.465 e. The van der Waals surface area contributed by atoms with E-state index in [1.807, 2.05) is 18.2 Å². The number of benzene rings is 1. The van der Waals surface area contributed by atoms with Crippen LogP contribution in [0.5, 0.6) is 0 Å². The van der Waals surface area contributed by atoms with E-state index in [1.54, 1.807) is 11.8 Å². The van der Waals surface area contributed by atoms with Crippen molar-refractivity contribution >= 4 is 33.5 Å². The lowest BCUT2D eigenvalue weighted by atomic mass is 10.1. The van der Waals surface area contributed by atoms with Gasteiger partial charge in [-0.05, 0) is 53.9 Å². The highest BCUT2D eigenvalue weighted by atomic mass is 79.9. The van der Waals surface area contributed by atoms with Gasteiger partial charge < -0.3 is 10.0 Å². The zero-order chi connectivity index (χ0) is 15.1. The minimum absolute atomic E-state index is 0.0398. The summed E-state index contributed by atoms with van der Waals surface area (Å²) in [5.74, 6) is 0.0398. The number of rotatable bonds is 2. The Hall–Kier alpha value is -1.56. The molecule has 2 unspecified atom stereocenters. The lowest BCUT2D eigenvalue weighted by Crippen LogP contribution is -2.55. The predicted molar refractivity (Wildman–Crippen MR) is 83.0 cm³/mol. The quantitative estimate of drug-likeness (QED) is 0.831. The van der Waals surface area contributed by atoms with Gasteiger partial charge in [-0.1, -0.05) is 0 Å². The third-order valence-electron chi connectivity index (χ3n) is 4.40. The fourth-order valence-electron chi connectivity index (χ4n) is 3.39. The maximum Gasteiger partial charge on any atom is 0.407 e. The highest BCUT2D eigenvalue weighted by Crippen LogP contribution is 2.35. The van der Waals surface area contributed by atoms with E-state index in [1.165, 1.54) is 0 Å². The summed E-state index contributed by atoms with van der Waals surface area (Å²) in [5, 5.41) is 9.29. The highest BCUT2D eigenvalue weighted by molar-refractivity contribution is 9.10. The fraction of sp³-hybridized carbons (Fsp3) is 0.467. The zero-order valence-electron chi connectivity index (χ0n) is 11.8. The standard InChI is InChI=1S/C15H17BrN2O3/c1-9(19)10-2-5-14(13(16)6-10)17-7-11-3-4-12(8-17)18(11)15(20)21/h2,5-6,11-12H,3-4,7-8H2,1H3,(H,20,21). The third kappa shape index (κ3) is 2.52. The van der Waals surface area contributed by atoms with Crippen molar-refractivity contribution in [3.63, 3.8) is 0 Å². The molecular formula is C15H17BrN2O3. The predicted octanol–water partition coefficient (Wildman–Crippen LogP) is 2.98. The van der Waals surface area contributed by atoms with E-state index in [0.29, 0.717) is 18.7 Å². The number of fused-ring (bicyclic) bond motifs is 2. The average Bonchev–Trinajstić information content (AvgIpc) is 2.70. The summed E-state index contributed by atoms with van der Waals surface area (Å²) in [6.07, 6.45) is 1.04. The molecule has 2 atom stereocenters. The normalized spacial score (nSPS) is 24.3. The van der Waals surface area contributed by atoms with Crippen LogP contribution in [-0.4, -0.2) is 47.1 Å². The van der Waals surface area contributed by atoms with Gasteiger partial charge in [0.15, 0.2) is 5.78 Å². The van der Waals surface area contributed by atoms with Crippen molar-refractivity contribution in [2.45, 2.75) is 31.8 Å². The molecule has 2 aliphatic heterocycles. The van der Waals surface area contributed by atoms with E-state index >= 15 is 0 Å². The Morgan fingerprint density at radius 3 is 2.33 bits per heavy atom. The molecule has 112 valence electrons. The Bertz CT molecular complexity index is 591. The number of ketones is 1. The number of anilines is 1. The van der Waals surface area contributed by atoms with Gasteiger partial charge >= 0.3 is 6.09 Å². The monoisotopic (exact) mass is 352 g/mol. The number of hydrogen-bond donors (Lipinski definition) is 1. The minimum atomic E-state index is -0.812. The molecule has 1 N–H and O–H groups in total. The molecule has 0 spiro atoms. The van der Waals surface area contributed by atoms with E-state index in [9.17, 15) is 14.7 Å². The lowest BCUT2D eigenvalue weighted by molar-refractivity contribution is 0.101. The first-order chi connectivity index (χ1) is 9.97. The van der Waals surface area contributed by atoms with Crippen LogP contribution in [0.2, 0.25) is 0 Å². The Morgan fingerprint density at radius 1 is 1.24 bits per heavy atom. The Morgan fingerprint density at radius 2 is 1.86 bits per heavy atom. The molecule has 0 radical (unpaired) electrons. The van der Waals surface area contributed by atoms with E-state index in [0.717, 1.165) is 23.0 Å². The summed E-state index contributed by atoms with van der Waals surface area (Å²) in [6.45, 7) is 2.97. The smallest absolute Gasteiger partial charge is 0.407 e.